The average molecular weight is 223 g/mol. The minimum absolute atomic E-state index is 0. The van der Waals surface area contributed by atoms with Crippen molar-refractivity contribution in [1.82, 2.24) is 4.98 Å². The Balaban J connectivity index is 0.00000144. The molecule has 13 heavy (non-hydrogen) atoms. The summed E-state index contributed by atoms with van der Waals surface area (Å²) in [5.74, 6) is 0. The van der Waals surface area contributed by atoms with Gasteiger partial charge in [-0.25, -0.2) is 4.98 Å². The minimum atomic E-state index is -0.153. The van der Waals surface area contributed by atoms with Crippen molar-refractivity contribution in [3.05, 3.63) is 29.0 Å². The van der Waals surface area contributed by atoms with E-state index < -0.39 is 0 Å². The Hall–Kier alpha value is -0.350. The van der Waals surface area contributed by atoms with Crippen LogP contribution in [0.1, 0.15) is 18.0 Å². The SMILES string of the molecule is Cl.N[C@H](CCO)c1ccc(Cl)nc1. The number of aliphatic hydroxyl groups is 1. The van der Waals surface area contributed by atoms with Crippen LogP contribution < -0.4 is 5.73 Å². The monoisotopic (exact) mass is 222 g/mol. The summed E-state index contributed by atoms with van der Waals surface area (Å²) < 4.78 is 0. The third-order valence-electron chi connectivity index (χ3n) is 1.62. The molecule has 0 aliphatic rings. The number of hydrogen-bond acceptors (Lipinski definition) is 3. The molecule has 1 heterocycles. The molecule has 0 unspecified atom stereocenters. The largest absolute Gasteiger partial charge is 0.396 e. The van der Waals surface area contributed by atoms with Crippen LogP contribution in [0.3, 0.4) is 0 Å². The molecule has 3 nitrogen and oxygen atoms in total. The highest BCUT2D eigenvalue weighted by Crippen LogP contribution is 2.13. The van der Waals surface area contributed by atoms with Crippen molar-refractivity contribution < 1.29 is 5.11 Å². The fourth-order valence-corrected chi connectivity index (χ4v) is 1.02. The molecular weight excluding hydrogens is 211 g/mol. The summed E-state index contributed by atoms with van der Waals surface area (Å²) in [6, 6.07) is 3.35. The van der Waals surface area contributed by atoms with Crippen molar-refractivity contribution in [2.75, 3.05) is 6.61 Å². The van der Waals surface area contributed by atoms with E-state index in [9.17, 15) is 0 Å². The molecule has 5 heteroatoms. The molecule has 0 aliphatic carbocycles. The van der Waals surface area contributed by atoms with E-state index in [1.165, 1.54) is 0 Å². The molecule has 1 atom stereocenters. The maximum absolute atomic E-state index is 8.63. The van der Waals surface area contributed by atoms with Gasteiger partial charge in [0.1, 0.15) is 5.15 Å². The predicted molar refractivity (Wildman–Crippen MR) is 55.1 cm³/mol. The summed E-state index contributed by atoms with van der Waals surface area (Å²) in [5, 5.41) is 9.08. The molecule has 0 aromatic carbocycles. The van der Waals surface area contributed by atoms with E-state index in [0.717, 1.165) is 5.56 Å². The van der Waals surface area contributed by atoms with E-state index in [1.54, 1.807) is 12.3 Å². The topological polar surface area (TPSA) is 59.1 Å². The van der Waals surface area contributed by atoms with Crippen LogP contribution in [-0.2, 0) is 0 Å². The number of nitrogens with two attached hydrogens (primary N) is 1. The number of aliphatic hydroxyl groups excluding tert-OH is 1. The Bertz CT molecular complexity index is 240. The van der Waals surface area contributed by atoms with Gasteiger partial charge in [0.2, 0.25) is 0 Å². The molecule has 74 valence electrons. The highest BCUT2D eigenvalue weighted by atomic mass is 35.5. The summed E-state index contributed by atoms with van der Waals surface area (Å²) >= 11 is 5.59. The number of aromatic nitrogens is 1. The van der Waals surface area contributed by atoms with Crippen LogP contribution in [0.5, 0.6) is 0 Å². The Morgan fingerprint density at radius 1 is 1.54 bits per heavy atom. The second-order valence-electron chi connectivity index (χ2n) is 2.53. The Morgan fingerprint density at radius 2 is 2.23 bits per heavy atom. The standard InChI is InChI=1S/C8H11ClN2O.ClH/c9-8-2-1-6(5-11-8)7(10)3-4-12;/h1-2,5,7,12H,3-4,10H2;1H/t7-;/m1./s1. The first-order valence-corrected chi connectivity index (χ1v) is 4.09. The fourth-order valence-electron chi connectivity index (χ4n) is 0.912. The number of pyridine rings is 1. The Morgan fingerprint density at radius 3 is 2.69 bits per heavy atom. The van der Waals surface area contributed by atoms with E-state index in [0.29, 0.717) is 11.6 Å². The van der Waals surface area contributed by atoms with Gasteiger partial charge in [0.05, 0.1) is 0 Å². The minimum Gasteiger partial charge on any atom is -0.396 e. The van der Waals surface area contributed by atoms with Crippen LogP contribution in [0, 0.1) is 0 Å². The normalized spacial score (nSPS) is 11.9. The van der Waals surface area contributed by atoms with Gasteiger partial charge >= 0.3 is 0 Å². The van der Waals surface area contributed by atoms with Crippen LogP contribution in [0.15, 0.2) is 18.3 Å². The van der Waals surface area contributed by atoms with Crippen molar-refractivity contribution in [3.8, 4) is 0 Å². The van der Waals surface area contributed by atoms with Crippen LogP contribution in [0.4, 0.5) is 0 Å². The van der Waals surface area contributed by atoms with Crippen LogP contribution in [-0.4, -0.2) is 16.7 Å². The second-order valence-corrected chi connectivity index (χ2v) is 2.92. The maximum atomic E-state index is 8.63. The molecule has 0 bridgehead atoms. The molecule has 0 saturated carbocycles. The van der Waals surface area contributed by atoms with Gasteiger partial charge in [-0.1, -0.05) is 17.7 Å². The highest BCUT2D eigenvalue weighted by Gasteiger charge is 2.04. The van der Waals surface area contributed by atoms with E-state index in [1.807, 2.05) is 6.07 Å². The van der Waals surface area contributed by atoms with E-state index in [4.69, 9.17) is 22.4 Å². The quantitative estimate of drug-likeness (QED) is 0.764. The molecule has 0 spiro atoms. The lowest BCUT2D eigenvalue weighted by Gasteiger charge is -2.08. The fraction of sp³-hybridized carbons (Fsp3) is 0.375. The second kappa shape index (κ2) is 6.16. The lowest BCUT2D eigenvalue weighted by atomic mass is 10.1. The number of halogens is 2. The van der Waals surface area contributed by atoms with Gasteiger partial charge in [-0.2, -0.15) is 0 Å². The van der Waals surface area contributed by atoms with Crippen molar-refractivity contribution in [3.63, 3.8) is 0 Å². The molecule has 1 aromatic rings. The van der Waals surface area contributed by atoms with Crippen LogP contribution in [0.2, 0.25) is 5.15 Å². The number of rotatable bonds is 3. The Kier molecular flexibility index (Phi) is 5.99. The van der Waals surface area contributed by atoms with Gasteiger partial charge < -0.3 is 10.8 Å². The molecular formula is C8H12Cl2N2O. The third kappa shape index (κ3) is 3.91. The van der Waals surface area contributed by atoms with Crippen molar-refractivity contribution in [2.45, 2.75) is 12.5 Å². The summed E-state index contributed by atoms with van der Waals surface area (Å²) in [6.07, 6.45) is 2.17. The Labute approximate surface area is 88.3 Å². The average Bonchev–Trinajstić information content (AvgIpc) is 2.06. The van der Waals surface area contributed by atoms with Crippen molar-refractivity contribution in [1.29, 1.82) is 0 Å². The molecule has 0 amide bonds. The maximum Gasteiger partial charge on any atom is 0.129 e. The first-order chi connectivity index (χ1) is 5.74. The lowest BCUT2D eigenvalue weighted by molar-refractivity contribution is 0.276. The summed E-state index contributed by atoms with van der Waals surface area (Å²) in [4.78, 5) is 3.89. The van der Waals surface area contributed by atoms with Gasteiger partial charge in [0, 0.05) is 18.8 Å². The highest BCUT2D eigenvalue weighted by molar-refractivity contribution is 6.29. The van der Waals surface area contributed by atoms with Gasteiger partial charge in [-0.05, 0) is 18.1 Å². The van der Waals surface area contributed by atoms with Crippen LogP contribution >= 0.6 is 24.0 Å². The van der Waals surface area contributed by atoms with Crippen molar-refractivity contribution >= 4 is 24.0 Å². The lowest BCUT2D eigenvalue weighted by Crippen LogP contribution is -2.11. The molecule has 1 aromatic heterocycles. The zero-order valence-electron chi connectivity index (χ0n) is 6.98. The van der Waals surface area contributed by atoms with Crippen molar-refractivity contribution in [2.24, 2.45) is 5.73 Å². The van der Waals surface area contributed by atoms with E-state index >= 15 is 0 Å². The smallest absolute Gasteiger partial charge is 0.129 e. The van der Waals surface area contributed by atoms with Crippen LogP contribution in [0.25, 0.3) is 0 Å². The summed E-state index contributed by atoms with van der Waals surface area (Å²) in [7, 11) is 0. The summed E-state index contributed by atoms with van der Waals surface area (Å²) in [6.45, 7) is 0.0871. The van der Waals surface area contributed by atoms with Gasteiger partial charge in [0.15, 0.2) is 0 Å². The number of nitrogens with zero attached hydrogens (tertiary/aromatic N) is 1. The first kappa shape index (κ1) is 12.7. The predicted octanol–water partition coefficient (Wildman–Crippen LogP) is 1.54. The number of hydrogen-bond donors (Lipinski definition) is 2. The molecule has 0 fully saturated rings. The first-order valence-electron chi connectivity index (χ1n) is 3.72. The molecule has 3 N–H and O–H groups in total. The third-order valence-corrected chi connectivity index (χ3v) is 1.84. The zero-order chi connectivity index (χ0) is 8.97. The molecule has 1 rings (SSSR count). The van der Waals surface area contributed by atoms with E-state index in [-0.39, 0.29) is 25.1 Å². The van der Waals surface area contributed by atoms with Gasteiger partial charge in [-0.3, -0.25) is 0 Å². The van der Waals surface area contributed by atoms with Gasteiger partial charge in [0.25, 0.3) is 0 Å². The zero-order valence-corrected chi connectivity index (χ0v) is 8.55. The molecule has 0 saturated heterocycles. The van der Waals surface area contributed by atoms with Gasteiger partial charge in [-0.15, -0.1) is 12.4 Å². The molecule has 0 aliphatic heterocycles. The molecule has 0 radical (unpaired) electrons. The summed E-state index contributed by atoms with van der Waals surface area (Å²) in [5.41, 5.74) is 6.61. The van der Waals surface area contributed by atoms with E-state index in [2.05, 4.69) is 4.98 Å².